The van der Waals surface area contributed by atoms with Crippen molar-refractivity contribution in [3.05, 3.63) is 47.4 Å². The minimum atomic E-state index is -0.707. The number of aliphatic hydroxyl groups is 1. The molecule has 2 bridgehead atoms. The molecule has 3 aliphatic rings. The molecule has 5 atom stereocenters. The number of piperidine rings is 3. The van der Waals surface area contributed by atoms with Gasteiger partial charge in [0, 0.05) is 18.0 Å². The number of ether oxygens (including phenoxy) is 1. The standard InChI is InChI=1S/C20H23N3O3/c1-3-12-11-23-7-6-13(12)8-18(23)20(24)16-10-19(22-25)21-17-5-4-14(26-2)9-15(16)17/h3-5,9-10,12-13,18,20,24H,1,6-8,11H2,2H3/t12-,13-,18+,20-/m0/s1. The van der Waals surface area contributed by atoms with Crippen molar-refractivity contribution in [2.75, 3.05) is 20.2 Å². The van der Waals surface area contributed by atoms with Crippen molar-refractivity contribution in [1.29, 1.82) is 0 Å². The molecule has 6 heteroatoms. The molecule has 1 unspecified atom stereocenters. The maximum Gasteiger partial charge on any atom is 0.197 e. The summed E-state index contributed by atoms with van der Waals surface area (Å²) in [6.45, 7) is 5.87. The van der Waals surface area contributed by atoms with Crippen molar-refractivity contribution < 1.29 is 9.84 Å². The van der Waals surface area contributed by atoms with Gasteiger partial charge in [-0.25, -0.2) is 4.98 Å². The van der Waals surface area contributed by atoms with E-state index in [1.807, 2.05) is 12.1 Å². The number of hydrogen-bond donors (Lipinski definition) is 1. The Bertz CT molecular complexity index is 854. The van der Waals surface area contributed by atoms with Gasteiger partial charge in [0.2, 0.25) is 0 Å². The molecule has 4 heterocycles. The quantitative estimate of drug-likeness (QED) is 0.657. The second kappa shape index (κ2) is 6.78. The van der Waals surface area contributed by atoms with Crippen LogP contribution in [-0.2, 0) is 0 Å². The van der Waals surface area contributed by atoms with E-state index in [2.05, 4.69) is 21.6 Å². The highest BCUT2D eigenvalue weighted by atomic mass is 16.5. The van der Waals surface area contributed by atoms with Crippen molar-refractivity contribution in [2.45, 2.75) is 25.0 Å². The van der Waals surface area contributed by atoms with Crippen LogP contribution in [0.3, 0.4) is 0 Å². The topological polar surface area (TPSA) is 75.0 Å². The SMILES string of the molecule is C=C[C@H]1CN2CC[C@H]1C[C@@H]2[C@@H](O)c1cc(N=O)nc2ccc(OC)cc12. The summed E-state index contributed by atoms with van der Waals surface area (Å²) in [5, 5.41) is 15.0. The summed E-state index contributed by atoms with van der Waals surface area (Å²) in [6.07, 6.45) is 3.41. The van der Waals surface area contributed by atoms with Crippen LogP contribution in [-0.4, -0.2) is 41.2 Å². The molecule has 6 nitrogen and oxygen atoms in total. The molecule has 1 N–H and O–H groups in total. The van der Waals surface area contributed by atoms with Crippen LogP contribution >= 0.6 is 0 Å². The maximum absolute atomic E-state index is 11.2. The second-order valence-corrected chi connectivity index (χ2v) is 7.24. The fourth-order valence-corrected chi connectivity index (χ4v) is 4.55. The number of hydrogen-bond acceptors (Lipinski definition) is 6. The lowest BCUT2D eigenvalue weighted by Gasteiger charge is -2.50. The Labute approximate surface area is 152 Å². The largest absolute Gasteiger partial charge is 0.497 e. The molecule has 3 fully saturated rings. The van der Waals surface area contributed by atoms with E-state index in [0.29, 0.717) is 28.7 Å². The molecule has 0 spiro atoms. The maximum atomic E-state index is 11.2. The highest BCUT2D eigenvalue weighted by Gasteiger charge is 2.42. The van der Waals surface area contributed by atoms with Crippen molar-refractivity contribution >= 4 is 16.7 Å². The van der Waals surface area contributed by atoms with Crippen LogP contribution in [0.5, 0.6) is 5.75 Å². The molecule has 0 radical (unpaired) electrons. The Hall–Kier alpha value is -2.31. The van der Waals surface area contributed by atoms with Gasteiger partial charge in [-0.15, -0.1) is 11.5 Å². The van der Waals surface area contributed by atoms with Crippen molar-refractivity contribution in [3.8, 4) is 5.75 Å². The van der Waals surface area contributed by atoms with Gasteiger partial charge in [0.05, 0.1) is 18.7 Å². The lowest BCUT2D eigenvalue weighted by Crippen LogP contribution is -2.54. The Morgan fingerprint density at radius 2 is 2.31 bits per heavy atom. The Kier molecular flexibility index (Phi) is 4.46. The first-order valence-corrected chi connectivity index (χ1v) is 9.01. The third-order valence-corrected chi connectivity index (χ3v) is 5.96. The van der Waals surface area contributed by atoms with Crippen molar-refractivity contribution in [1.82, 2.24) is 9.88 Å². The zero-order chi connectivity index (χ0) is 18.3. The summed E-state index contributed by atoms with van der Waals surface area (Å²) in [5.74, 6) is 1.84. The van der Waals surface area contributed by atoms with Gasteiger partial charge in [-0.05, 0) is 66.2 Å². The lowest BCUT2D eigenvalue weighted by molar-refractivity contribution is -0.0444. The number of nitrogens with zero attached hydrogens (tertiary/aromatic N) is 3. The molecule has 0 saturated carbocycles. The first-order valence-electron chi connectivity index (χ1n) is 9.01. The molecule has 136 valence electrons. The van der Waals surface area contributed by atoms with Crippen LogP contribution in [0.2, 0.25) is 0 Å². The average Bonchev–Trinajstić information content (AvgIpc) is 2.72. The first-order chi connectivity index (χ1) is 12.6. The van der Waals surface area contributed by atoms with Gasteiger partial charge < -0.3 is 9.84 Å². The fourth-order valence-electron chi connectivity index (χ4n) is 4.55. The number of aliphatic hydroxyl groups excluding tert-OH is 1. The van der Waals surface area contributed by atoms with E-state index in [1.165, 1.54) is 0 Å². The number of fused-ring (bicyclic) bond motifs is 4. The summed E-state index contributed by atoms with van der Waals surface area (Å²) in [4.78, 5) is 17.7. The van der Waals surface area contributed by atoms with Crippen LogP contribution in [0.25, 0.3) is 10.9 Å². The van der Waals surface area contributed by atoms with Crippen LogP contribution in [0.15, 0.2) is 42.1 Å². The minimum absolute atomic E-state index is 0.0289. The molecular weight excluding hydrogens is 330 g/mol. The highest BCUT2D eigenvalue weighted by Crippen LogP contribution is 2.42. The van der Waals surface area contributed by atoms with Gasteiger partial charge in [-0.3, -0.25) is 4.90 Å². The number of rotatable bonds is 5. The number of benzene rings is 1. The van der Waals surface area contributed by atoms with Gasteiger partial charge in [-0.1, -0.05) is 6.08 Å². The number of pyridine rings is 1. The minimum Gasteiger partial charge on any atom is -0.497 e. The smallest absolute Gasteiger partial charge is 0.197 e. The predicted octanol–water partition coefficient (Wildman–Crippen LogP) is 3.57. The number of aromatic nitrogens is 1. The van der Waals surface area contributed by atoms with E-state index in [-0.39, 0.29) is 11.9 Å². The normalized spacial score (nSPS) is 28.7. The van der Waals surface area contributed by atoms with E-state index in [4.69, 9.17) is 4.74 Å². The van der Waals surface area contributed by atoms with Gasteiger partial charge in [-0.2, -0.15) is 0 Å². The van der Waals surface area contributed by atoms with Gasteiger partial charge in [0.1, 0.15) is 5.75 Å². The summed E-state index contributed by atoms with van der Waals surface area (Å²) in [6, 6.07) is 7.08. The molecule has 3 aliphatic heterocycles. The first kappa shape index (κ1) is 17.1. The van der Waals surface area contributed by atoms with E-state index >= 15 is 0 Å². The third kappa shape index (κ3) is 2.79. The monoisotopic (exact) mass is 353 g/mol. The van der Waals surface area contributed by atoms with Gasteiger partial charge in [0.15, 0.2) is 5.82 Å². The molecule has 1 aromatic carbocycles. The summed E-state index contributed by atoms with van der Waals surface area (Å²) in [5.41, 5.74) is 1.33. The summed E-state index contributed by atoms with van der Waals surface area (Å²) in [7, 11) is 1.60. The molecule has 3 saturated heterocycles. The molecule has 1 aromatic heterocycles. The Morgan fingerprint density at radius 3 is 2.96 bits per heavy atom. The van der Waals surface area contributed by atoms with Crippen LogP contribution < -0.4 is 4.74 Å². The zero-order valence-corrected chi connectivity index (χ0v) is 14.8. The molecule has 5 rings (SSSR count). The van der Waals surface area contributed by atoms with Gasteiger partial charge in [0.25, 0.3) is 0 Å². The van der Waals surface area contributed by atoms with Crippen molar-refractivity contribution in [3.63, 3.8) is 0 Å². The molecule has 0 aliphatic carbocycles. The Balaban J connectivity index is 1.75. The molecular formula is C20H23N3O3. The average molecular weight is 353 g/mol. The van der Waals surface area contributed by atoms with Crippen LogP contribution in [0, 0.1) is 16.7 Å². The number of nitroso groups, excluding NO2 is 1. The lowest BCUT2D eigenvalue weighted by atomic mass is 9.73. The number of methoxy groups -OCH3 is 1. The summed E-state index contributed by atoms with van der Waals surface area (Å²) >= 11 is 0. The fraction of sp³-hybridized carbons (Fsp3) is 0.450. The summed E-state index contributed by atoms with van der Waals surface area (Å²) < 4.78 is 5.32. The van der Waals surface area contributed by atoms with E-state index < -0.39 is 6.10 Å². The molecule has 26 heavy (non-hydrogen) atoms. The highest BCUT2D eigenvalue weighted by molar-refractivity contribution is 5.85. The van der Waals surface area contributed by atoms with Gasteiger partial charge >= 0.3 is 0 Å². The third-order valence-electron chi connectivity index (χ3n) is 5.96. The zero-order valence-electron chi connectivity index (χ0n) is 14.8. The molecule has 2 aromatic rings. The second-order valence-electron chi connectivity index (χ2n) is 7.24. The van der Waals surface area contributed by atoms with Crippen molar-refractivity contribution in [2.24, 2.45) is 17.0 Å². The van der Waals surface area contributed by atoms with Crippen LogP contribution in [0.1, 0.15) is 24.5 Å². The van der Waals surface area contributed by atoms with E-state index in [0.717, 1.165) is 31.3 Å². The van der Waals surface area contributed by atoms with E-state index in [9.17, 15) is 10.0 Å². The molecule has 0 amide bonds. The predicted molar refractivity (Wildman–Crippen MR) is 100 cm³/mol. The van der Waals surface area contributed by atoms with Crippen LogP contribution in [0.4, 0.5) is 5.82 Å². The Morgan fingerprint density at radius 1 is 1.46 bits per heavy atom. The van der Waals surface area contributed by atoms with E-state index in [1.54, 1.807) is 25.3 Å².